The van der Waals surface area contributed by atoms with E-state index in [9.17, 15) is 13.2 Å². The van der Waals surface area contributed by atoms with Crippen LogP contribution in [0.15, 0.2) is 10.4 Å². The highest BCUT2D eigenvalue weighted by atomic mass is 32.1. The van der Waals surface area contributed by atoms with Gasteiger partial charge in [0.15, 0.2) is 11.7 Å². The summed E-state index contributed by atoms with van der Waals surface area (Å²) in [6, 6.07) is 0. The fourth-order valence-corrected chi connectivity index (χ4v) is 3.51. The van der Waals surface area contributed by atoms with E-state index in [0.717, 1.165) is 36.2 Å². The van der Waals surface area contributed by atoms with Crippen LogP contribution in [0, 0.1) is 0 Å². The molecule has 0 radical (unpaired) electrons. The molecule has 1 fully saturated rings. The van der Waals surface area contributed by atoms with Crippen LogP contribution in [-0.4, -0.2) is 49.1 Å². The van der Waals surface area contributed by atoms with E-state index in [1.54, 1.807) is 7.05 Å². The lowest BCUT2D eigenvalue weighted by Gasteiger charge is -2.20. The topological polar surface area (TPSA) is 52.6 Å². The molecule has 1 aromatic rings. The van der Waals surface area contributed by atoms with Crippen molar-refractivity contribution in [2.24, 2.45) is 4.99 Å². The Morgan fingerprint density at radius 1 is 1.24 bits per heavy atom. The van der Waals surface area contributed by atoms with Crippen LogP contribution in [0.2, 0.25) is 0 Å². The Balaban J connectivity index is 1.66. The third-order valence-electron chi connectivity index (χ3n) is 4.12. The summed E-state index contributed by atoms with van der Waals surface area (Å²) in [4.78, 5) is 10.2. The molecule has 1 aliphatic heterocycles. The van der Waals surface area contributed by atoms with E-state index in [2.05, 4.69) is 25.5 Å². The van der Waals surface area contributed by atoms with Crippen molar-refractivity contribution in [1.82, 2.24) is 20.5 Å². The number of aromatic nitrogens is 1. The van der Waals surface area contributed by atoms with Crippen LogP contribution in [0.3, 0.4) is 0 Å². The molecule has 0 amide bonds. The Morgan fingerprint density at radius 2 is 1.96 bits per heavy atom. The molecule has 1 aliphatic rings. The minimum absolute atomic E-state index is 0.229. The molecule has 0 atom stereocenters. The lowest BCUT2D eigenvalue weighted by atomic mass is 10.2. The van der Waals surface area contributed by atoms with Crippen molar-refractivity contribution in [2.75, 3.05) is 33.2 Å². The first kappa shape index (κ1) is 20.0. The Labute approximate surface area is 150 Å². The molecule has 1 saturated heterocycles. The van der Waals surface area contributed by atoms with E-state index in [-0.39, 0.29) is 6.54 Å². The zero-order valence-electron chi connectivity index (χ0n) is 14.5. The average molecular weight is 377 g/mol. The lowest BCUT2D eigenvalue weighted by Crippen LogP contribution is -2.38. The van der Waals surface area contributed by atoms with Crippen molar-refractivity contribution in [3.8, 4) is 0 Å². The summed E-state index contributed by atoms with van der Waals surface area (Å²) < 4.78 is 37.6. The maximum Gasteiger partial charge on any atom is 0.434 e. The number of hydrogen-bond donors (Lipinski definition) is 2. The Kier molecular flexibility index (Phi) is 7.95. The highest BCUT2D eigenvalue weighted by Crippen LogP contribution is 2.29. The van der Waals surface area contributed by atoms with Gasteiger partial charge in [0.05, 0.1) is 6.54 Å². The highest BCUT2D eigenvalue weighted by Gasteiger charge is 2.33. The van der Waals surface area contributed by atoms with Crippen LogP contribution in [0.1, 0.15) is 42.8 Å². The van der Waals surface area contributed by atoms with Gasteiger partial charge < -0.3 is 15.5 Å². The molecule has 1 aromatic heterocycles. The molecule has 5 nitrogen and oxygen atoms in total. The van der Waals surface area contributed by atoms with Gasteiger partial charge in [-0.1, -0.05) is 12.8 Å². The quantitative estimate of drug-likeness (QED) is 0.454. The molecular weight excluding hydrogens is 351 g/mol. The van der Waals surface area contributed by atoms with Crippen LogP contribution in [0.25, 0.3) is 0 Å². The van der Waals surface area contributed by atoms with Crippen molar-refractivity contribution in [1.29, 1.82) is 0 Å². The van der Waals surface area contributed by atoms with E-state index in [1.165, 1.54) is 38.8 Å². The van der Waals surface area contributed by atoms with Gasteiger partial charge in [0, 0.05) is 19.0 Å². The van der Waals surface area contributed by atoms with Crippen LogP contribution in [-0.2, 0) is 12.7 Å². The number of nitrogens with one attached hydrogen (secondary N) is 2. The zero-order valence-corrected chi connectivity index (χ0v) is 15.3. The number of guanidine groups is 1. The van der Waals surface area contributed by atoms with E-state index in [0.29, 0.717) is 11.0 Å². The van der Waals surface area contributed by atoms with Gasteiger partial charge in [-0.2, -0.15) is 13.2 Å². The number of hydrogen-bond acceptors (Lipinski definition) is 4. The second-order valence-corrected chi connectivity index (χ2v) is 7.03. The summed E-state index contributed by atoms with van der Waals surface area (Å²) in [5.41, 5.74) is -0.838. The number of alkyl halides is 3. The van der Waals surface area contributed by atoms with Gasteiger partial charge in [-0.3, -0.25) is 4.99 Å². The maximum absolute atomic E-state index is 12.5. The Hall–Kier alpha value is -1.35. The Morgan fingerprint density at radius 3 is 2.56 bits per heavy atom. The molecule has 0 saturated carbocycles. The molecule has 2 N–H and O–H groups in total. The van der Waals surface area contributed by atoms with Crippen LogP contribution >= 0.6 is 11.3 Å². The molecule has 142 valence electrons. The summed E-state index contributed by atoms with van der Waals surface area (Å²) in [7, 11) is 1.65. The molecule has 0 aromatic carbocycles. The lowest BCUT2D eigenvalue weighted by molar-refractivity contribution is -0.140. The minimum atomic E-state index is -4.39. The summed E-state index contributed by atoms with van der Waals surface area (Å²) >= 11 is 0.995. The first-order valence-corrected chi connectivity index (χ1v) is 9.55. The number of aliphatic imine (C=N–C) groups is 1. The monoisotopic (exact) mass is 377 g/mol. The predicted octanol–water partition coefficient (Wildman–Crippen LogP) is 3.09. The third kappa shape index (κ3) is 7.19. The standard InChI is InChI=1S/C16H26F3N5S/c1-20-15(21-7-6-10-24-8-4-2-3-5-9-24)22-11-14-23-13(12-25-14)16(17,18)19/h12H,2-11H2,1H3,(H2,20,21,22). The van der Waals surface area contributed by atoms with Crippen LogP contribution in [0.4, 0.5) is 13.2 Å². The van der Waals surface area contributed by atoms with E-state index >= 15 is 0 Å². The molecule has 2 heterocycles. The molecule has 0 spiro atoms. The van der Waals surface area contributed by atoms with E-state index in [1.807, 2.05) is 0 Å². The first-order valence-electron chi connectivity index (χ1n) is 8.67. The SMILES string of the molecule is CN=C(NCCCN1CCCCCC1)NCc1nc(C(F)(F)F)cs1. The van der Waals surface area contributed by atoms with E-state index in [4.69, 9.17) is 0 Å². The zero-order chi connectivity index (χ0) is 18.1. The van der Waals surface area contributed by atoms with E-state index < -0.39 is 11.9 Å². The summed E-state index contributed by atoms with van der Waals surface area (Å²) in [6.07, 6.45) is 1.85. The van der Waals surface area contributed by atoms with Crippen molar-refractivity contribution in [3.05, 3.63) is 16.1 Å². The van der Waals surface area contributed by atoms with Crippen molar-refractivity contribution in [3.63, 3.8) is 0 Å². The average Bonchev–Trinajstić information content (AvgIpc) is 2.91. The maximum atomic E-state index is 12.5. The number of rotatable bonds is 6. The number of halogens is 3. The molecule has 0 unspecified atom stereocenters. The van der Waals surface area contributed by atoms with Gasteiger partial charge in [0.1, 0.15) is 5.01 Å². The fraction of sp³-hybridized carbons (Fsp3) is 0.750. The number of likely N-dealkylation sites (tertiary alicyclic amines) is 1. The molecular formula is C16H26F3N5S. The van der Waals surface area contributed by atoms with Gasteiger partial charge in [0.25, 0.3) is 0 Å². The minimum Gasteiger partial charge on any atom is -0.356 e. The van der Waals surface area contributed by atoms with Crippen molar-refractivity contribution >= 4 is 17.3 Å². The van der Waals surface area contributed by atoms with Gasteiger partial charge >= 0.3 is 6.18 Å². The summed E-state index contributed by atoms with van der Waals surface area (Å²) in [6.45, 7) is 4.43. The smallest absolute Gasteiger partial charge is 0.356 e. The van der Waals surface area contributed by atoms with Gasteiger partial charge in [-0.15, -0.1) is 11.3 Å². The predicted molar refractivity (Wildman–Crippen MR) is 94.8 cm³/mol. The summed E-state index contributed by atoms with van der Waals surface area (Å²) in [5, 5.41) is 7.63. The number of nitrogens with zero attached hydrogens (tertiary/aromatic N) is 3. The van der Waals surface area contributed by atoms with Crippen molar-refractivity contribution < 1.29 is 13.2 Å². The van der Waals surface area contributed by atoms with Crippen LogP contribution < -0.4 is 10.6 Å². The normalized spacial score (nSPS) is 17.4. The molecule has 0 bridgehead atoms. The second kappa shape index (κ2) is 9.96. The number of thiazole rings is 1. The van der Waals surface area contributed by atoms with Crippen molar-refractivity contribution in [2.45, 2.75) is 44.8 Å². The third-order valence-corrected chi connectivity index (χ3v) is 4.96. The first-order chi connectivity index (χ1) is 12.0. The van der Waals surface area contributed by atoms with Gasteiger partial charge in [-0.25, -0.2) is 4.98 Å². The Bertz CT molecular complexity index is 536. The van der Waals surface area contributed by atoms with Crippen LogP contribution in [0.5, 0.6) is 0 Å². The van der Waals surface area contributed by atoms with Gasteiger partial charge in [-0.05, 0) is 38.9 Å². The molecule has 25 heavy (non-hydrogen) atoms. The largest absolute Gasteiger partial charge is 0.434 e. The molecule has 9 heteroatoms. The fourth-order valence-electron chi connectivity index (χ4n) is 2.77. The van der Waals surface area contributed by atoms with Gasteiger partial charge in [0.2, 0.25) is 0 Å². The second-order valence-electron chi connectivity index (χ2n) is 6.09. The molecule has 2 rings (SSSR count). The molecule has 0 aliphatic carbocycles. The highest BCUT2D eigenvalue weighted by molar-refractivity contribution is 7.09. The summed E-state index contributed by atoms with van der Waals surface area (Å²) in [5.74, 6) is 0.583.